The predicted molar refractivity (Wildman–Crippen MR) is 128 cm³/mol. The second-order valence-electron chi connectivity index (χ2n) is 8.27. The molecule has 4 atom stereocenters. The lowest BCUT2D eigenvalue weighted by molar-refractivity contribution is -0.144. The van der Waals surface area contributed by atoms with Crippen LogP contribution < -0.4 is 33.2 Å². The number of aromatic hydroxyl groups is 1. The van der Waals surface area contributed by atoms with E-state index >= 15 is 0 Å². The quantitative estimate of drug-likeness (QED) is 0.0990. The minimum atomic E-state index is -1.75. The molecule has 5 amide bonds. The van der Waals surface area contributed by atoms with E-state index in [-0.39, 0.29) is 12.2 Å². The van der Waals surface area contributed by atoms with Crippen molar-refractivity contribution in [2.24, 2.45) is 17.2 Å². The summed E-state index contributed by atoms with van der Waals surface area (Å²) in [7, 11) is 0. The van der Waals surface area contributed by atoms with Gasteiger partial charge in [0.05, 0.1) is 18.9 Å². The summed E-state index contributed by atoms with van der Waals surface area (Å²) in [5.41, 5.74) is 16.5. The zero-order valence-corrected chi connectivity index (χ0v) is 20.1. The Balaban J connectivity index is 3.02. The molecule has 4 unspecified atom stereocenters. The minimum absolute atomic E-state index is 0.0100. The first-order chi connectivity index (χ1) is 17.7. The van der Waals surface area contributed by atoms with Crippen molar-refractivity contribution >= 4 is 41.5 Å². The highest BCUT2D eigenvalue weighted by atomic mass is 16.4. The van der Waals surface area contributed by atoms with Crippen molar-refractivity contribution in [3.63, 3.8) is 0 Å². The number of phenols is 1. The molecule has 0 saturated carbocycles. The highest BCUT2D eigenvalue weighted by Gasteiger charge is 2.32. The van der Waals surface area contributed by atoms with Gasteiger partial charge < -0.3 is 48.5 Å². The van der Waals surface area contributed by atoms with Crippen LogP contribution >= 0.6 is 0 Å². The molecule has 0 aliphatic carbocycles. The number of carbonyl (C=O) groups excluding carboxylic acids is 5. The predicted octanol–water partition coefficient (Wildman–Crippen LogP) is -3.58. The summed E-state index contributed by atoms with van der Waals surface area (Å²) >= 11 is 0. The van der Waals surface area contributed by atoms with Crippen LogP contribution in [0.1, 0.15) is 31.2 Å². The van der Waals surface area contributed by atoms with E-state index in [4.69, 9.17) is 17.2 Å². The van der Waals surface area contributed by atoms with Crippen molar-refractivity contribution in [2.45, 2.75) is 56.3 Å². The summed E-state index contributed by atoms with van der Waals surface area (Å²) in [5, 5.41) is 34.1. The van der Waals surface area contributed by atoms with Gasteiger partial charge in [0.1, 0.15) is 23.9 Å². The van der Waals surface area contributed by atoms with Crippen molar-refractivity contribution < 1.29 is 48.9 Å². The standard InChI is InChI=1S/C22H30N6O10/c23-12(7-10-1-3-11(29)4-2-10)19(34)27-14(9-18(32)33)21(36)26-13(5-6-16(24)30)20(35)28-15(22(37)38)8-17(25)31/h1-4,12-15,29H,5-9,23H2,(H2,24,30)(H2,25,31)(H,26,36)(H,27,34)(H,28,35)(H,32,33)(H,37,38). The molecular formula is C22H30N6O10. The normalized spacial score (nSPS) is 13.7. The Kier molecular flexibility index (Phi) is 12.1. The van der Waals surface area contributed by atoms with Gasteiger partial charge in [-0.05, 0) is 30.5 Å². The van der Waals surface area contributed by atoms with Crippen LogP contribution in [0.5, 0.6) is 5.75 Å². The number of phenolic OH excluding ortho intramolecular Hbond substituents is 1. The summed E-state index contributed by atoms with van der Waals surface area (Å²) in [4.78, 5) is 83.0. The van der Waals surface area contributed by atoms with E-state index in [1.807, 2.05) is 5.32 Å². The Labute approximate surface area is 215 Å². The van der Waals surface area contributed by atoms with E-state index in [9.17, 15) is 48.9 Å². The molecule has 16 nitrogen and oxygen atoms in total. The van der Waals surface area contributed by atoms with Gasteiger partial charge in [0, 0.05) is 6.42 Å². The Bertz CT molecular complexity index is 1060. The molecule has 1 aromatic carbocycles. The van der Waals surface area contributed by atoms with Crippen molar-refractivity contribution in [1.29, 1.82) is 0 Å². The van der Waals surface area contributed by atoms with Gasteiger partial charge in [-0.25, -0.2) is 4.79 Å². The average Bonchev–Trinajstić information content (AvgIpc) is 2.81. The number of rotatable bonds is 16. The third-order valence-corrected chi connectivity index (χ3v) is 5.07. The highest BCUT2D eigenvalue weighted by molar-refractivity contribution is 5.96. The molecule has 0 saturated heterocycles. The van der Waals surface area contributed by atoms with Gasteiger partial charge in [0.15, 0.2) is 0 Å². The lowest BCUT2D eigenvalue weighted by Crippen LogP contribution is -2.58. The number of hydrogen-bond acceptors (Lipinski definition) is 9. The van der Waals surface area contributed by atoms with Gasteiger partial charge in [-0.15, -0.1) is 0 Å². The number of nitrogens with two attached hydrogens (primary N) is 3. The van der Waals surface area contributed by atoms with Crippen molar-refractivity contribution in [2.75, 3.05) is 0 Å². The molecule has 0 aliphatic rings. The van der Waals surface area contributed by atoms with Crippen LogP contribution in [0.2, 0.25) is 0 Å². The monoisotopic (exact) mass is 538 g/mol. The molecule has 208 valence electrons. The maximum Gasteiger partial charge on any atom is 0.326 e. The average molecular weight is 539 g/mol. The van der Waals surface area contributed by atoms with Crippen LogP contribution in [0.3, 0.4) is 0 Å². The molecule has 38 heavy (non-hydrogen) atoms. The number of primary amides is 2. The number of nitrogens with one attached hydrogen (secondary N) is 3. The van der Waals surface area contributed by atoms with Gasteiger partial charge in [0.25, 0.3) is 0 Å². The molecule has 0 spiro atoms. The van der Waals surface area contributed by atoms with Gasteiger partial charge in [0.2, 0.25) is 29.5 Å². The molecule has 0 aromatic heterocycles. The zero-order chi connectivity index (χ0) is 29.0. The van der Waals surface area contributed by atoms with E-state index in [2.05, 4.69) is 10.6 Å². The molecule has 12 N–H and O–H groups in total. The maximum absolute atomic E-state index is 12.8. The van der Waals surface area contributed by atoms with E-state index in [1.165, 1.54) is 24.3 Å². The number of carbonyl (C=O) groups is 7. The van der Waals surface area contributed by atoms with Crippen LogP contribution in [-0.2, 0) is 40.0 Å². The first-order valence-electron chi connectivity index (χ1n) is 11.1. The summed E-state index contributed by atoms with van der Waals surface area (Å²) in [5.74, 6) is -8.17. The number of aliphatic carboxylic acids is 2. The summed E-state index contributed by atoms with van der Waals surface area (Å²) in [6.07, 6.45) is -2.54. The fourth-order valence-corrected chi connectivity index (χ4v) is 3.14. The Morgan fingerprint density at radius 2 is 1.26 bits per heavy atom. The molecule has 1 aromatic rings. The Morgan fingerprint density at radius 3 is 1.76 bits per heavy atom. The number of carboxylic acid groups (broad SMARTS) is 2. The number of amides is 5. The third-order valence-electron chi connectivity index (χ3n) is 5.07. The zero-order valence-electron chi connectivity index (χ0n) is 20.1. The largest absolute Gasteiger partial charge is 0.508 e. The van der Waals surface area contributed by atoms with Crippen LogP contribution in [0.4, 0.5) is 0 Å². The van der Waals surface area contributed by atoms with E-state index < -0.39 is 91.3 Å². The smallest absolute Gasteiger partial charge is 0.326 e. The lowest BCUT2D eigenvalue weighted by atomic mass is 10.0. The van der Waals surface area contributed by atoms with Crippen LogP contribution in [-0.4, -0.2) is 81.0 Å². The first-order valence-corrected chi connectivity index (χ1v) is 11.1. The molecule has 0 fully saturated rings. The molecule has 1 rings (SSSR count). The van der Waals surface area contributed by atoms with E-state index in [1.54, 1.807) is 0 Å². The second-order valence-corrected chi connectivity index (χ2v) is 8.27. The lowest BCUT2D eigenvalue weighted by Gasteiger charge is -2.24. The number of hydrogen-bond donors (Lipinski definition) is 9. The molecule has 0 aliphatic heterocycles. The fraction of sp³-hybridized carbons (Fsp3) is 0.409. The highest BCUT2D eigenvalue weighted by Crippen LogP contribution is 2.11. The molecular weight excluding hydrogens is 508 g/mol. The molecule has 0 heterocycles. The van der Waals surface area contributed by atoms with Crippen molar-refractivity contribution in [3.8, 4) is 5.75 Å². The van der Waals surface area contributed by atoms with E-state index in [0.29, 0.717) is 5.56 Å². The summed E-state index contributed by atoms with van der Waals surface area (Å²) in [6.45, 7) is 0. The number of carboxylic acids is 2. The topological polar surface area (TPSA) is 294 Å². The van der Waals surface area contributed by atoms with Crippen LogP contribution in [0, 0.1) is 0 Å². The van der Waals surface area contributed by atoms with Crippen LogP contribution in [0.15, 0.2) is 24.3 Å². The number of benzene rings is 1. The summed E-state index contributed by atoms with van der Waals surface area (Å²) < 4.78 is 0. The SMILES string of the molecule is NC(=O)CCC(NC(=O)C(CC(=O)O)NC(=O)C(N)Cc1ccc(O)cc1)C(=O)NC(CC(N)=O)C(=O)O. The Hall–Kier alpha value is -4.73. The Morgan fingerprint density at radius 1 is 0.737 bits per heavy atom. The van der Waals surface area contributed by atoms with Gasteiger partial charge in [-0.3, -0.25) is 28.8 Å². The molecule has 0 bridgehead atoms. The van der Waals surface area contributed by atoms with Gasteiger partial charge in [-0.2, -0.15) is 0 Å². The minimum Gasteiger partial charge on any atom is -0.508 e. The van der Waals surface area contributed by atoms with Crippen LogP contribution in [0.25, 0.3) is 0 Å². The fourth-order valence-electron chi connectivity index (χ4n) is 3.14. The van der Waals surface area contributed by atoms with Crippen molar-refractivity contribution in [1.82, 2.24) is 16.0 Å². The maximum atomic E-state index is 12.8. The third kappa shape index (κ3) is 11.3. The van der Waals surface area contributed by atoms with Gasteiger partial charge in [-0.1, -0.05) is 12.1 Å². The second kappa shape index (κ2) is 14.7. The summed E-state index contributed by atoms with van der Waals surface area (Å²) in [6, 6.07) is -0.516. The molecule has 16 heteroatoms. The molecule has 0 radical (unpaired) electrons. The van der Waals surface area contributed by atoms with Gasteiger partial charge >= 0.3 is 11.9 Å². The van der Waals surface area contributed by atoms with Crippen molar-refractivity contribution in [3.05, 3.63) is 29.8 Å². The first kappa shape index (κ1) is 31.3. The van der Waals surface area contributed by atoms with E-state index in [0.717, 1.165) is 0 Å².